The highest BCUT2D eigenvalue weighted by atomic mass is 19.4. The van der Waals surface area contributed by atoms with E-state index in [0.29, 0.717) is 30.2 Å². The number of hydrogen-bond acceptors (Lipinski definition) is 7. The SMILES string of the molecule is Nc1nccc2c1CC[C@H]2NC(=O)c1cn(Cc2cnc(N3CC4CC4C3)nc2)nc1C(F)(F)F. The molecule has 1 aliphatic heterocycles. The number of carbonyl (C=O) groups excluding carboxylic acids is 1. The highest BCUT2D eigenvalue weighted by Crippen LogP contribution is 2.45. The second kappa shape index (κ2) is 7.92. The van der Waals surface area contributed by atoms with Crippen molar-refractivity contribution >= 4 is 17.7 Å². The number of amides is 1. The molecule has 0 radical (unpaired) electrons. The van der Waals surface area contributed by atoms with Crippen LogP contribution in [-0.2, 0) is 19.1 Å². The van der Waals surface area contributed by atoms with E-state index >= 15 is 0 Å². The number of nitrogens with zero attached hydrogens (tertiary/aromatic N) is 6. The smallest absolute Gasteiger partial charge is 0.383 e. The van der Waals surface area contributed by atoms with Gasteiger partial charge in [-0.3, -0.25) is 9.48 Å². The minimum atomic E-state index is -4.78. The van der Waals surface area contributed by atoms with Crippen molar-refractivity contribution in [3.63, 3.8) is 0 Å². The first kappa shape index (κ1) is 21.8. The number of pyridine rings is 1. The molecule has 4 heterocycles. The van der Waals surface area contributed by atoms with Gasteiger partial charge in [0.15, 0.2) is 5.69 Å². The van der Waals surface area contributed by atoms with Crippen molar-refractivity contribution < 1.29 is 18.0 Å². The summed E-state index contributed by atoms with van der Waals surface area (Å²) in [6.07, 6.45) is 3.45. The fourth-order valence-electron chi connectivity index (χ4n) is 5.17. The Morgan fingerprint density at radius 3 is 2.63 bits per heavy atom. The van der Waals surface area contributed by atoms with Gasteiger partial charge in [-0.2, -0.15) is 18.3 Å². The second-order valence-corrected chi connectivity index (χ2v) is 9.47. The maximum Gasteiger partial charge on any atom is 0.435 e. The molecule has 12 heteroatoms. The average molecular weight is 484 g/mol. The summed E-state index contributed by atoms with van der Waals surface area (Å²) in [6.45, 7) is 1.91. The minimum Gasteiger partial charge on any atom is -0.383 e. The van der Waals surface area contributed by atoms with Crippen molar-refractivity contribution in [1.29, 1.82) is 0 Å². The lowest BCUT2D eigenvalue weighted by molar-refractivity contribution is -0.141. The molecule has 1 saturated heterocycles. The number of aromatic nitrogens is 5. The molecule has 3 aliphatic rings. The third-order valence-corrected chi connectivity index (χ3v) is 7.06. The largest absolute Gasteiger partial charge is 0.435 e. The first-order valence-corrected chi connectivity index (χ1v) is 11.5. The van der Waals surface area contributed by atoms with Gasteiger partial charge in [-0.05, 0) is 48.3 Å². The van der Waals surface area contributed by atoms with E-state index in [9.17, 15) is 18.0 Å². The zero-order valence-corrected chi connectivity index (χ0v) is 18.7. The summed E-state index contributed by atoms with van der Waals surface area (Å²) in [5, 5.41) is 6.39. The van der Waals surface area contributed by atoms with E-state index in [1.165, 1.54) is 12.6 Å². The predicted molar refractivity (Wildman–Crippen MR) is 119 cm³/mol. The van der Waals surface area contributed by atoms with E-state index < -0.39 is 29.4 Å². The first-order chi connectivity index (χ1) is 16.8. The van der Waals surface area contributed by atoms with Crippen LogP contribution in [0.2, 0.25) is 0 Å². The monoisotopic (exact) mass is 484 g/mol. The zero-order chi connectivity index (χ0) is 24.3. The Kier molecular flexibility index (Phi) is 4.94. The van der Waals surface area contributed by atoms with Crippen LogP contribution in [0.4, 0.5) is 24.9 Å². The summed E-state index contributed by atoms with van der Waals surface area (Å²) in [5.41, 5.74) is 6.32. The lowest BCUT2D eigenvalue weighted by atomic mass is 10.1. The van der Waals surface area contributed by atoms with Gasteiger partial charge in [0.1, 0.15) is 5.82 Å². The number of piperidine rings is 1. The summed E-state index contributed by atoms with van der Waals surface area (Å²) >= 11 is 0. The summed E-state index contributed by atoms with van der Waals surface area (Å²) in [5.74, 6) is 1.64. The van der Waals surface area contributed by atoms with Crippen LogP contribution in [0.15, 0.2) is 30.9 Å². The highest BCUT2D eigenvalue weighted by molar-refractivity contribution is 5.95. The number of hydrogen-bond donors (Lipinski definition) is 2. The van der Waals surface area contributed by atoms with Gasteiger partial charge >= 0.3 is 6.18 Å². The highest BCUT2D eigenvalue weighted by Gasteiger charge is 2.45. The number of rotatable bonds is 5. The van der Waals surface area contributed by atoms with Crippen LogP contribution in [0.5, 0.6) is 0 Å². The molecule has 35 heavy (non-hydrogen) atoms. The van der Waals surface area contributed by atoms with Crippen LogP contribution < -0.4 is 16.0 Å². The van der Waals surface area contributed by atoms with E-state index in [-0.39, 0.29) is 6.54 Å². The summed E-state index contributed by atoms with van der Waals surface area (Å²) < 4.78 is 42.3. The van der Waals surface area contributed by atoms with Crippen molar-refractivity contribution in [3.8, 4) is 0 Å². The van der Waals surface area contributed by atoms with Gasteiger partial charge in [0.2, 0.25) is 5.95 Å². The van der Waals surface area contributed by atoms with Crippen LogP contribution in [0.1, 0.15) is 51.6 Å². The Hall–Kier alpha value is -3.70. The van der Waals surface area contributed by atoms with Crippen LogP contribution in [0.3, 0.4) is 0 Å². The molecule has 3 aromatic heterocycles. The molecular weight excluding hydrogens is 461 g/mol. The third kappa shape index (κ3) is 4.06. The van der Waals surface area contributed by atoms with E-state index in [1.54, 1.807) is 18.5 Å². The number of halogens is 3. The molecule has 3 aromatic rings. The molecule has 9 nitrogen and oxygen atoms in total. The average Bonchev–Trinajstić information content (AvgIpc) is 3.18. The Morgan fingerprint density at radius 2 is 1.91 bits per heavy atom. The van der Waals surface area contributed by atoms with E-state index in [1.807, 2.05) is 0 Å². The quantitative estimate of drug-likeness (QED) is 0.572. The maximum absolute atomic E-state index is 13.7. The van der Waals surface area contributed by atoms with Gasteiger partial charge in [0.05, 0.1) is 18.2 Å². The van der Waals surface area contributed by atoms with Gasteiger partial charge in [-0.15, -0.1) is 0 Å². The second-order valence-electron chi connectivity index (χ2n) is 9.47. The fourth-order valence-corrected chi connectivity index (χ4v) is 5.17. The number of fused-ring (bicyclic) bond motifs is 2. The van der Waals surface area contributed by atoms with E-state index in [0.717, 1.165) is 46.9 Å². The molecule has 0 spiro atoms. The standard InChI is InChI=1S/C23H23F3N8O/c24-23(25,26)19-17(21(35)31-18-2-1-16-15(18)3-4-28-20(16)27)11-34(32-19)8-12-6-29-22(30-7-12)33-9-13-5-14(13)10-33/h3-4,6-7,11,13-14,18H,1-2,5,8-10H2,(H2,27,28)(H,31,35)/t13?,14?,18-/m1/s1. The van der Waals surface area contributed by atoms with Gasteiger partial charge in [0.25, 0.3) is 5.91 Å². The summed E-state index contributed by atoms with van der Waals surface area (Å²) in [6, 6.07) is 1.29. The maximum atomic E-state index is 13.7. The number of anilines is 2. The van der Waals surface area contributed by atoms with Crippen molar-refractivity contribution in [2.24, 2.45) is 11.8 Å². The Bertz CT molecular complexity index is 1280. The Labute approximate surface area is 198 Å². The van der Waals surface area contributed by atoms with Crippen LogP contribution in [0, 0.1) is 11.8 Å². The van der Waals surface area contributed by atoms with Crippen molar-refractivity contribution in [2.75, 3.05) is 23.7 Å². The number of nitrogens with two attached hydrogens (primary N) is 1. The molecule has 1 amide bonds. The van der Waals surface area contributed by atoms with Gasteiger partial charge in [-0.1, -0.05) is 0 Å². The molecule has 182 valence electrons. The molecule has 2 fully saturated rings. The topological polar surface area (TPSA) is 115 Å². The number of nitrogens with one attached hydrogen (secondary N) is 1. The number of nitrogen functional groups attached to an aromatic ring is 1. The molecule has 3 atom stereocenters. The molecular formula is C23H23F3N8O. The fraction of sp³-hybridized carbons (Fsp3) is 0.435. The molecule has 0 aromatic carbocycles. The molecule has 6 rings (SSSR count). The van der Waals surface area contributed by atoms with Gasteiger partial charge in [-0.25, -0.2) is 15.0 Å². The van der Waals surface area contributed by atoms with E-state index in [4.69, 9.17) is 5.73 Å². The lowest BCUT2D eigenvalue weighted by Gasteiger charge is -2.17. The molecule has 3 N–H and O–H groups in total. The Morgan fingerprint density at radius 1 is 1.17 bits per heavy atom. The van der Waals surface area contributed by atoms with Crippen LogP contribution in [-0.4, -0.2) is 43.7 Å². The predicted octanol–water partition coefficient (Wildman–Crippen LogP) is 2.59. The van der Waals surface area contributed by atoms with Crippen LogP contribution in [0.25, 0.3) is 0 Å². The molecule has 2 unspecified atom stereocenters. The number of carbonyl (C=O) groups is 1. The zero-order valence-electron chi connectivity index (χ0n) is 18.7. The first-order valence-electron chi connectivity index (χ1n) is 11.5. The summed E-state index contributed by atoms with van der Waals surface area (Å²) in [7, 11) is 0. The normalized spacial score (nSPS) is 22.7. The third-order valence-electron chi connectivity index (χ3n) is 7.06. The van der Waals surface area contributed by atoms with E-state index in [2.05, 4.69) is 30.3 Å². The van der Waals surface area contributed by atoms with Crippen molar-refractivity contribution in [3.05, 3.63) is 58.8 Å². The van der Waals surface area contributed by atoms with Crippen LogP contribution >= 0.6 is 0 Å². The molecule has 1 saturated carbocycles. The van der Waals surface area contributed by atoms with Gasteiger partial charge < -0.3 is 16.0 Å². The number of alkyl halides is 3. The van der Waals surface area contributed by atoms with Gasteiger partial charge in [0, 0.05) is 43.4 Å². The summed E-state index contributed by atoms with van der Waals surface area (Å²) in [4.78, 5) is 27.8. The lowest BCUT2D eigenvalue weighted by Crippen LogP contribution is -2.28. The molecule has 2 aliphatic carbocycles. The molecule has 0 bridgehead atoms. The van der Waals surface area contributed by atoms with Crippen molar-refractivity contribution in [1.82, 2.24) is 30.0 Å². The Balaban J connectivity index is 1.20. The van der Waals surface area contributed by atoms with Crippen molar-refractivity contribution in [2.45, 2.75) is 38.0 Å². The minimum absolute atomic E-state index is 0.0103.